The molecule has 64 valence electrons. The van der Waals surface area contributed by atoms with Gasteiger partial charge in [0.2, 0.25) is 5.78 Å². The van der Waals surface area contributed by atoms with E-state index in [0.29, 0.717) is 0 Å². The number of aryl methyl sites for hydroxylation is 1. The Bertz CT molecular complexity index is 341. The molecule has 1 rings (SSSR count). The second kappa shape index (κ2) is 2.72. The fraction of sp³-hybridized carbons (Fsp3) is 0.333. The molecule has 0 aromatic carbocycles. The molecule has 0 spiro atoms. The number of carbonyl (C=O) groups is 1. The van der Waals surface area contributed by atoms with Gasteiger partial charge in [0.05, 0.1) is 4.92 Å². The average Bonchev–Trinajstić information content (AvgIpc) is 2.30. The summed E-state index contributed by atoms with van der Waals surface area (Å²) in [5.74, 6) is -0.792. The van der Waals surface area contributed by atoms with E-state index in [4.69, 9.17) is 0 Å². The highest BCUT2D eigenvalue weighted by molar-refractivity contribution is 5.95. The van der Waals surface area contributed by atoms with E-state index < -0.39 is 10.7 Å². The Hall–Kier alpha value is -1.72. The molecule has 6 nitrogen and oxygen atoms in total. The molecule has 1 aromatic rings. The lowest BCUT2D eigenvalue weighted by molar-refractivity contribution is -0.386. The molecular weight excluding hydrogens is 164 g/mol. The first-order valence-electron chi connectivity index (χ1n) is 3.15. The van der Waals surface area contributed by atoms with Gasteiger partial charge in [-0.25, -0.2) is 0 Å². The van der Waals surface area contributed by atoms with Crippen LogP contribution in [-0.4, -0.2) is 15.9 Å². The largest absolute Gasteiger partial charge is 0.345 e. The van der Waals surface area contributed by atoms with Gasteiger partial charge >= 0.3 is 5.69 Å². The highest BCUT2D eigenvalue weighted by Crippen LogP contribution is 2.22. The molecule has 0 saturated heterocycles. The lowest BCUT2D eigenvalue weighted by Gasteiger charge is -1.86. The predicted octanol–water partition coefficient (Wildman–Crippen LogP) is 1.09. The number of ketones is 1. The van der Waals surface area contributed by atoms with Crippen molar-refractivity contribution in [3.8, 4) is 0 Å². The SMILES string of the molecule is CC(=O)c1onc(C)c1[N+](=O)[O-]. The highest BCUT2D eigenvalue weighted by atomic mass is 16.6. The number of Topliss-reactive ketones (excluding diaryl/α,β-unsaturated/α-hetero) is 1. The zero-order chi connectivity index (χ0) is 9.30. The van der Waals surface area contributed by atoms with Crippen molar-refractivity contribution in [1.82, 2.24) is 5.16 Å². The summed E-state index contributed by atoms with van der Waals surface area (Å²) in [6.07, 6.45) is 0. The summed E-state index contributed by atoms with van der Waals surface area (Å²) in [6, 6.07) is 0. The molecule has 0 atom stereocenters. The lowest BCUT2D eigenvalue weighted by Crippen LogP contribution is -1.97. The Morgan fingerprint density at radius 1 is 1.67 bits per heavy atom. The average molecular weight is 170 g/mol. The van der Waals surface area contributed by atoms with Crippen LogP contribution in [0.2, 0.25) is 0 Å². The summed E-state index contributed by atoms with van der Waals surface area (Å²) >= 11 is 0. The van der Waals surface area contributed by atoms with Crippen molar-refractivity contribution in [2.45, 2.75) is 13.8 Å². The number of nitro groups is 1. The standard InChI is InChI=1S/C6H6N2O4/c1-3-5(8(10)11)6(4(2)9)12-7-3/h1-2H3. The summed E-state index contributed by atoms with van der Waals surface area (Å²) in [7, 11) is 0. The fourth-order valence-electron chi connectivity index (χ4n) is 0.811. The van der Waals surface area contributed by atoms with Crippen molar-refractivity contribution in [2.24, 2.45) is 0 Å². The van der Waals surface area contributed by atoms with Gasteiger partial charge in [-0.15, -0.1) is 0 Å². The van der Waals surface area contributed by atoms with Gasteiger partial charge in [-0.1, -0.05) is 5.16 Å². The van der Waals surface area contributed by atoms with Crippen molar-refractivity contribution >= 4 is 11.5 Å². The van der Waals surface area contributed by atoms with Crippen LogP contribution in [0.5, 0.6) is 0 Å². The zero-order valence-electron chi connectivity index (χ0n) is 6.53. The van der Waals surface area contributed by atoms with Crippen LogP contribution in [-0.2, 0) is 0 Å². The Morgan fingerprint density at radius 2 is 2.25 bits per heavy atom. The molecule has 0 radical (unpaired) electrons. The van der Waals surface area contributed by atoms with Crippen molar-refractivity contribution in [1.29, 1.82) is 0 Å². The summed E-state index contributed by atoms with van der Waals surface area (Å²) in [5.41, 5.74) is -0.229. The van der Waals surface area contributed by atoms with E-state index in [2.05, 4.69) is 9.68 Å². The van der Waals surface area contributed by atoms with Crippen molar-refractivity contribution in [3.05, 3.63) is 21.6 Å². The zero-order valence-corrected chi connectivity index (χ0v) is 6.53. The molecule has 0 N–H and O–H groups in total. The first-order valence-corrected chi connectivity index (χ1v) is 3.15. The minimum atomic E-state index is -0.678. The summed E-state index contributed by atoms with van der Waals surface area (Å²) < 4.78 is 4.48. The van der Waals surface area contributed by atoms with Gasteiger partial charge in [-0.3, -0.25) is 14.9 Å². The molecule has 1 aromatic heterocycles. The van der Waals surface area contributed by atoms with E-state index in [1.54, 1.807) is 0 Å². The van der Waals surface area contributed by atoms with E-state index >= 15 is 0 Å². The molecule has 0 saturated carbocycles. The van der Waals surface area contributed by atoms with Crippen LogP contribution in [0, 0.1) is 17.0 Å². The monoisotopic (exact) mass is 170 g/mol. The predicted molar refractivity (Wildman–Crippen MR) is 37.9 cm³/mol. The van der Waals surface area contributed by atoms with Crippen molar-refractivity contribution in [2.75, 3.05) is 0 Å². The van der Waals surface area contributed by atoms with Gasteiger partial charge in [-0.2, -0.15) is 0 Å². The van der Waals surface area contributed by atoms with Crippen LogP contribution < -0.4 is 0 Å². The number of hydrogen-bond acceptors (Lipinski definition) is 5. The molecule has 1 heterocycles. The second-order valence-electron chi connectivity index (χ2n) is 2.26. The molecule has 0 aliphatic rings. The molecule has 0 fully saturated rings. The Kier molecular flexibility index (Phi) is 1.90. The van der Waals surface area contributed by atoms with Gasteiger partial charge in [0, 0.05) is 6.92 Å². The van der Waals surface area contributed by atoms with E-state index in [1.807, 2.05) is 0 Å². The minimum Gasteiger partial charge on any atom is -0.345 e. The third kappa shape index (κ3) is 1.18. The van der Waals surface area contributed by atoms with Crippen LogP contribution in [0.4, 0.5) is 5.69 Å². The van der Waals surface area contributed by atoms with Gasteiger partial charge in [0.25, 0.3) is 5.76 Å². The van der Waals surface area contributed by atoms with Gasteiger partial charge in [0.1, 0.15) is 0 Å². The smallest absolute Gasteiger partial charge is 0.342 e. The maximum atomic E-state index is 10.7. The van der Waals surface area contributed by atoms with Crippen LogP contribution in [0.1, 0.15) is 23.2 Å². The normalized spacial score (nSPS) is 9.83. The fourth-order valence-corrected chi connectivity index (χ4v) is 0.811. The molecule has 0 aliphatic heterocycles. The van der Waals surface area contributed by atoms with E-state index in [0.717, 1.165) is 0 Å². The molecule has 0 bridgehead atoms. The Morgan fingerprint density at radius 3 is 2.58 bits per heavy atom. The number of carbonyl (C=O) groups excluding carboxylic acids is 1. The van der Waals surface area contributed by atoms with Gasteiger partial charge in [0.15, 0.2) is 5.69 Å². The number of hydrogen-bond donors (Lipinski definition) is 0. The Labute approximate surface area is 67.3 Å². The molecular formula is C6H6N2O4. The third-order valence-corrected chi connectivity index (χ3v) is 1.33. The minimum absolute atomic E-state index is 0.116. The first-order chi connectivity index (χ1) is 5.54. The quantitative estimate of drug-likeness (QED) is 0.376. The molecule has 0 amide bonds. The molecule has 12 heavy (non-hydrogen) atoms. The van der Waals surface area contributed by atoms with Crippen LogP contribution in [0.25, 0.3) is 0 Å². The van der Waals surface area contributed by atoms with Gasteiger partial charge in [-0.05, 0) is 6.92 Å². The molecule has 6 heteroatoms. The van der Waals surface area contributed by atoms with E-state index in [-0.39, 0.29) is 17.1 Å². The molecule has 0 unspecified atom stereocenters. The topological polar surface area (TPSA) is 86.2 Å². The van der Waals surface area contributed by atoms with Crippen molar-refractivity contribution in [3.63, 3.8) is 0 Å². The van der Waals surface area contributed by atoms with Crippen molar-refractivity contribution < 1.29 is 14.2 Å². The number of nitrogens with zero attached hydrogens (tertiary/aromatic N) is 2. The third-order valence-electron chi connectivity index (χ3n) is 1.33. The second-order valence-corrected chi connectivity index (χ2v) is 2.26. The van der Waals surface area contributed by atoms with E-state index in [1.165, 1.54) is 13.8 Å². The maximum Gasteiger partial charge on any atom is 0.342 e. The van der Waals surface area contributed by atoms with E-state index in [9.17, 15) is 14.9 Å². The number of rotatable bonds is 2. The summed E-state index contributed by atoms with van der Waals surface area (Å²) in [6.45, 7) is 2.60. The van der Waals surface area contributed by atoms with Crippen LogP contribution in [0.15, 0.2) is 4.52 Å². The Balaban J connectivity index is 3.31. The summed E-state index contributed by atoms with van der Waals surface area (Å²) in [5, 5.41) is 13.7. The first kappa shape index (κ1) is 8.38. The summed E-state index contributed by atoms with van der Waals surface area (Å²) in [4.78, 5) is 20.4. The number of aromatic nitrogens is 1. The maximum absolute atomic E-state index is 10.7. The molecule has 0 aliphatic carbocycles. The highest BCUT2D eigenvalue weighted by Gasteiger charge is 2.26. The van der Waals surface area contributed by atoms with Crippen LogP contribution in [0.3, 0.4) is 0 Å². The lowest BCUT2D eigenvalue weighted by atomic mass is 10.2. The van der Waals surface area contributed by atoms with Crippen LogP contribution >= 0.6 is 0 Å². The van der Waals surface area contributed by atoms with Gasteiger partial charge < -0.3 is 4.52 Å².